The molecule has 1 unspecified atom stereocenters. The van der Waals surface area contributed by atoms with Crippen LogP contribution in [0.4, 0.5) is 0 Å². The van der Waals surface area contributed by atoms with Gasteiger partial charge in [-0.3, -0.25) is 0 Å². The van der Waals surface area contributed by atoms with Gasteiger partial charge in [0.15, 0.2) is 0 Å². The molecule has 2 N–H and O–H groups in total. The lowest BCUT2D eigenvalue weighted by atomic mass is 9.91. The van der Waals surface area contributed by atoms with Gasteiger partial charge in [0.05, 0.1) is 0 Å². The second-order valence-corrected chi connectivity index (χ2v) is 5.62. The highest BCUT2D eigenvalue weighted by Gasteiger charge is 2.34. The van der Waals surface area contributed by atoms with E-state index in [9.17, 15) is 0 Å². The maximum Gasteiger partial charge on any atom is 0.0175 e. The lowest BCUT2D eigenvalue weighted by molar-refractivity contribution is 0.418. The Hall–Kier alpha value is -0.340. The van der Waals surface area contributed by atoms with Crippen LogP contribution in [0, 0.1) is 0 Å². The fourth-order valence-electron chi connectivity index (χ4n) is 2.50. The fourth-order valence-corrected chi connectivity index (χ4v) is 2.76. The van der Waals surface area contributed by atoms with Crippen LogP contribution >= 0.6 is 15.9 Å². The monoisotopic (exact) mass is 267 g/mol. The SMILES string of the molecule is CCC1(N)CC[C@H](c2ccc(Br)cc2)C1. The Labute approximate surface area is 100 Å². The van der Waals surface area contributed by atoms with Gasteiger partial charge in [-0.15, -0.1) is 0 Å². The summed E-state index contributed by atoms with van der Waals surface area (Å²) in [6, 6.07) is 8.68. The molecule has 0 aromatic heterocycles. The number of nitrogens with two attached hydrogens (primary N) is 1. The van der Waals surface area contributed by atoms with Crippen molar-refractivity contribution in [1.82, 2.24) is 0 Å². The number of rotatable bonds is 2. The predicted octanol–water partition coefficient (Wildman–Crippen LogP) is 3.82. The Morgan fingerprint density at radius 3 is 2.60 bits per heavy atom. The molecule has 0 heterocycles. The van der Waals surface area contributed by atoms with Crippen molar-refractivity contribution >= 4 is 15.9 Å². The van der Waals surface area contributed by atoms with Crippen LogP contribution < -0.4 is 5.73 Å². The van der Waals surface area contributed by atoms with Crippen LogP contribution in [0.25, 0.3) is 0 Å². The van der Waals surface area contributed by atoms with E-state index >= 15 is 0 Å². The van der Waals surface area contributed by atoms with Crippen molar-refractivity contribution in [1.29, 1.82) is 0 Å². The van der Waals surface area contributed by atoms with E-state index in [0.29, 0.717) is 5.92 Å². The zero-order valence-electron chi connectivity index (χ0n) is 9.17. The lowest BCUT2D eigenvalue weighted by Crippen LogP contribution is -2.35. The van der Waals surface area contributed by atoms with Crippen LogP contribution in [-0.2, 0) is 0 Å². The highest BCUT2D eigenvalue weighted by atomic mass is 79.9. The number of halogens is 1. The minimum Gasteiger partial charge on any atom is -0.325 e. The molecule has 2 rings (SSSR count). The standard InChI is InChI=1S/C13H18BrN/c1-2-13(15)8-7-11(9-13)10-3-5-12(14)6-4-10/h3-6,11H,2,7-9,15H2,1H3/t11-,13?/m0/s1. The molecule has 1 nitrogen and oxygen atoms in total. The number of hydrogen-bond acceptors (Lipinski definition) is 1. The van der Waals surface area contributed by atoms with Gasteiger partial charge in [-0.2, -0.15) is 0 Å². The summed E-state index contributed by atoms with van der Waals surface area (Å²) in [6.45, 7) is 2.20. The topological polar surface area (TPSA) is 26.0 Å². The Morgan fingerprint density at radius 2 is 2.07 bits per heavy atom. The molecule has 0 aliphatic heterocycles. The first-order valence-electron chi connectivity index (χ1n) is 5.67. The highest BCUT2D eigenvalue weighted by molar-refractivity contribution is 9.10. The van der Waals surface area contributed by atoms with E-state index in [-0.39, 0.29) is 5.54 Å². The van der Waals surface area contributed by atoms with Crippen molar-refractivity contribution in [2.45, 2.75) is 44.1 Å². The first-order valence-corrected chi connectivity index (χ1v) is 6.46. The van der Waals surface area contributed by atoms with Crippen LogP contribution in [0.3, 0.4) is 0 Å². The van der Waals surface area contributed by atoms with Gasteiger partial charge in [-0.25, -0.2) is 0 Å². The molecular weight excluding hydrogens is 250 g/mol. The van der Waals surface area contributed by atoms with Crippen molar-refractivity contribution in [3.05, 3.63) is 34.3 Å². The molecule has 15 heavy (non-hydrogen) atoms. The van der Waals surface area contributed by atoms with Crippen molar-refractivity contribution in [3.8, 4) is 0 Å². The molecule has 1 saturated carbocycles. The molecule has 82 valence electrons. The van der Waals surface area contributed by atoms with Crippen LogP contribution in [0.5, 0.6) is 0 Å². The summed E-state index contributed by atoms with van der Waals surface area (Å²) in [5, 5.41) is 0. The third-order valence-corrected chi connectivity index (χ3v) is 4.22. The molecular formula is C13H18BrN. The minimum atomic E-state index is 0.0950. The molecule has 0 bridgehead atoms. The molecule has 1 aromatic rings. The third kappa shape index (κ3) is 2.43. The molecule has 1 aliphatic rings. The molecule has 0 spiro atoms. The molecule has 0 saturated heterocycles. The normalized spacial score (nSPS) is 30.7. The third-order valence-electron chi connectivity index (χ3n) is 3.69. The van der Waals surface area contributed by atoms with E-state index < -0.39 is 0 Å². The van der Waals surface area contributed by atoms with E-state index in [1.165, 1.54) is 18.4 Å². The Kier molecular flexibility index (Phi) is 3.17. The maximum absolute atomic E-state index is 6.31. The second kappa shape index (κ2) is 4.26. The average molecular weight is 268 g/mol. The summed E-state index contributed by atoms with van der Waals surface area (Å²) < 4.78 is 1.15. The molecule has 2 atom stereocenters. The van der Waals surface area contributed by atoms with E-state index in [4.69, 9.17) is 5.73 Å². The molecule has 0 radical (unpaired) electrons. The molecule has 2 heteroatoms. The largest absolute Gasteiger partial charge is 0.325 e. The van der Waals surface area contributed by atoms with E-state index in [1.807, 2.05) is 0 Å². The Balaban J connectivity index is 2.11. The molecule has 1 fully saturated rings. The van der Waals surface area contributed by atoms with Crippen LogP contribution in [-0.4, -0.2) is 5.54 Å². The van der Waals surface area contributed by atoms with Crippen LogP contribution in [0.15, 0.2) is 28.7 Å². The van der Waals surface area contributed by atoms with E-state index in [2.05, 4.69) is 47.1 Å². The summed E-state index contributed by atoms with van der Waals surface area (Å²) in [7, 11) is 0. The van der Waals surface area contributed by atoms with Gasteiger partial charge < -0.3 is 5.73 Å². The quantitative estimate of drug-likeness (QED) is 0.866. The van der Waals surface area contributed by atoms with Gasteiger partial charge >= 0.3 is 0 Å². The average Bonchev–Trinajstić information content (AvgIpc) is 2.63. The number of benzene rings is 1. The zero-order valence-corrected chi connectivity index (χ0v) is 10.8. The highest BCUT2D eigenvalue weighted by Crippen LogP contribution is 2.41. The summed E-state index contributed by atoms with van der Waals surface area (Å²) in [4.78, 5) is 0. The summed E-state index contributed by atoms with van der Waals surface area (Å²) >= 11 is 3.47. The van der Waals surface area contributed by atoms with Crippen molar-refractivity contribution in [2.75, 3.05) is 0 Å². The lowest BCUT2D eigenvalue weighted by Gasteiger charge is -2.22. The predicted molar refractivity (Wildman–Crippen MR) is 67.9 cm³/mol. The zero-order chi connectivity index (χ0) is 10.9. The maximum atomic E-state index is 6.31. The molecule has 0 amide bonds. The van der Waals surface area contributed by atoms with Crippen molar-refractivity contribution in [3.63, 3.8) is 0 Å². The first-order chi connectivity index (χ1) is 7.13. The van der Waals surface area contributed by atoms with Crippen molar-refractivity contribution < 1.29 is 0 Å². The van der Waals surface area contributed by atoms with Gasteiger partial charge in [0.25, 0.3) is 0 Å². The van der Waals surface area contributed by atoms with Gasteiger partial charge in [-0.1, -0.05) is 35.0 Å². The Bertz CT molecular complexity index is 333. The summed E-state index contributed by atoms with van der Waals surface area (Å²) in [5.74, 6) is 0.669. The van der Waals surface area contributed by atoms with E-state index in [1.54, 1.807) is 0 Å². The van der Waals surface area contributed by atoms with E-state index in [0.717, 1.165) is 17.3 Å². The summed E-state index contributed by atoms with van der Waals surface area (Å²) in [6.07, 6.45) is 4.65. The van der Waals surface area contributed by atoms with Crippen molar-refractivity contribution in [2.24, 2.45) is 5.73 Å². The summed E-state index contributed by atoms with van der Waals surface area (Å²) in [5.41, 5.74) is 7.85. The fraction of sp³-hybridized carbons (Fsp3) is 0.538. The second-order valence-electron chi connectivity index (χ2n) is 4.71. The first kappa shape index (κ1) is 11.2. The van der Waals surface area contributed by atoms with Gasteiger partial charge in [0, 0.05) is 10.0 Å². The molecule has 1 aromatic carbocycles. The van der Waals surface area contributed by atoms with Crippen LogP contribution in [0.2, 0.25) is 0 Å². The van der Waals surface area contributed by atoms with Gasteiger partial charge in [0.2, 0.25) is 0 Å². The van der Waals surface area contributed by atoms with Gasteiger partial charge in [0.1, 0.15) is 0 Å². The number of hydrogen-bond donors (Lipinski definition) is 1. The molecule has 1 aliphatic carbocycles. The Morgan fingerprint density at radius 1 is 1.40 bits per heavy atom. The minimum absolute atomic E-state index is 0.0950. The van der Waals surface area contributed by atoms with Gasteiger partial charge in [-0.05, 0) is 49.3 Å². The van der Waals surface area contributed by atoms with Crippen LogP contribution in [0.1, 0.15) is 44.1 Å². The smallest absolute Gasteiger partial charge is 0.0175 e.